The molecule has 0 aliphatic heterocycles. The molecule has 19 heavy (non-hydrogen) atoms. The van der Waals surface area contributed by atoms with Gasteiger partial charge in [-0.05, 0) is 48.9 Å². The molecule has 0 saturated heterocycles. The van der Waals surface area contributed by atoms with Crippen LogP contribution in [0.4, 0.5) is 10.1 Å². The van der Waals surface area contributed by atoms with Gasteiger partial charge in [-0.2, -0.15) is 0 Å². The number of hydrogen-bond acceptors (Lipinski definition) is 3. The van der Waals surface area contributed by atoms with Crippen molar-refractivity contribution in [2.24, 2.45) is 0 Å². The van der Waals surface area contributed by atoms with Crippen LogP contribution in [0.3, 0.4) is 0 Å². The van der Waals surface area contributed by atoms with Gasteiger partial charge in [-0.25, -0.2) is 14.4 Å². The van der Waals surface area contributed by atoms with Crippen molar-refractivity contribution in [1.29, 1.82) is 0 Å². The van der Waals surface area contributed by atoms with E-state index in [0.717, 1.165) is 22.3 Å². The number of rotatable bonds is 1. The maximum Gasteiger partial charge on any atom is 0.159 e. The smallest absolute Gasteiger partial charge is 0.159 e. The van der Waals surface area contributed by atoms with E-state index in [-0.39, 0.29) is 5.82 Å². The summed E-state index contributed by atoms with van der Waals surface area (Å²) in [5, 5.41) is 0.691. The lowest BCUT2D eigenvalue weighted by atomic mass is 10.1. The molecule has 2 N–H and O–H groups in total. The van der Waals surface area contributed by atoms with Crippen molar-refractivity contribution < 1.29 is 4.39 Å². The van der Waals surface area contributed by atoms with Crippen LogP contribution in [0.5, 0.6) is 0 Å². The second kappa shape index (κ2) is 4.31. The van der Waals surface area contributed by atoms with Crippen LogP contribution >= 0.6 is 0 Å². The molecular weight excluding hydrogens is 241 g/mol. The number of nitrogens with zero attached hydrogens (tertiary/aromatic N) is 2. The second-order valence-corrected chi connectivity index (χ2v) is 4.47. The molecule has 1 heterocycles. The number of halogens is 1. The lowest BCUT2D eigenvalue weighted by Gasteiger charge is -2.05. The average molecular weight is 253 g/mol. The average Bonchev–Trinajstić information content (AvgIpc) is 2.41. The minimum absolute atomic E-state index is 0.285. The van der Waals surface area contributed by atoms with Crippen molar-refractivity contribution in [3.8, 4) is 11.4 Å². The van der Waals surface area contributed by atoms with E-state index in [1.165, 1.54) is 12.1 Å². The van der Waals surface area contributed by atoms with Crippen molar-refractivity contribution in [1.82, 2.24) is 9.97 Å². The normalized spacial score (nSPS) is 10.8. The Morgan fingerprint density at radius 1 is 1.11 bits per heavy atom. The fraction of sp³-hybridized carbons (Fsp3) is 0.0667. The Labute approximate surface area is 109 Å². The minimum Gasteiger partial charge on any atom is -0.399 e. The van der Waals surface area contributed by atoms with E-state index < -0.39 is 0 Å². The fourth-order valence-corrected chi connectivity index (χ4v) is 1.96. The molecule has 0 atom stereocenters. The first-order valence-corrected chi connectivity index (χ1v) is 5.92. The Kier molecular flexibility index (Phi) is 2.63. The fourth-order valence-electron chi connectivity index (χ4n) is 1.96. The highest BCUT2D eigenvalue weighted by molar-refractivity contribution is 5.79. The van der Waals surface area contributed by atoms with Crippen molar-refractivity contribution in [2.45, 2.75) is 6.92 Å². The highest BCUT2D eigenvalue weighted by atomic mass is 19.1. The van der Waals surface area contributed by atoms with E-state index in [1.54, 1.807) is 12.3 Å². The molecule has 94 valence electrons. The van der Waals surface area contributed by atoms with Gasteiger partial charge in [0.15, 0.2) is 5.82 Å². The number of nitrogen functional groups attached to an aromatic ring is 1. The molecule has 2 aromatic carbocycles. The standard InChI is InChI=1S/C15H12FN3/c1-9-6-10(2-4-13(9)17)15-18-8-11-7-12(16)3-5-14(11)19-15/h2-8H,17H2,1H3. The van der Waals surface area contributed by atoms with Crippen LogP contribution in [0.1, 0.15) is 5.56 Å². The summed E-state index contributed by atoms with van der Waals surface area (Å²) in [5.74, 6) is 0.328. The van der Waals surface area contributed by atoms with Crippen LogP contribution in [0, 0.1) is 12.7 Å². The van der Waals surface area contributed by atoms with Gasteiger partial charge in [-0.3, -0.25) is 0 Å². The Morgan fingerprint density at radius 2 is 1.95 bits per heavy atom. The summed E-state index contributed by atoms with van der Waals surface area (Å²) in [6, 6.07) is 10.1. The highest BCUT2D eigenvalue weighted by Crippen LogP contribution is 2.22. The van der Waals surface area contributed by atoms with Crippen LogP contribution in [-0.4, -0.2) is 9.97 Å². The minimum atomic E-state index is -0.285. The first kappa shape index (κ1) is 11.6. The number of aryl methyl sites for hydroxylation is 1. The van der Waals surface area contributed by atoms with E-state index in [4.69, 9.17) is 5.73 Å². The maximum atomic E-state index is 13.1. The SMILES string of the molecule is Cc1cc(-c2ncc3cc(F)ccc3n2)ccc1N. The third-order valence-corrected chi connectivity index (χ3v) is 3.07. The molecule has 3 aromatic rings. The largest absolute Gasteiger partial charge is 0.399 e. The van der Waals surface area contributed by atoms with Crippen LogP contribution < -0.4 is 5.73 Å². The first-order chi connectivity index (χ1) is 9.13. The Balaban J connectivity index is 2.14. The molecule has 0 aliphatic rings. The van der Waals surface area contributed by atoms with Crippen molar-refractivity contribution in [3.05, 3.63) is 54.0 Å². The molecule has 0 bridgehead atoms. The van der Waals surface area contributed by atoms with Crippen LogP contribution in [0.15, 0.2) is 42.6 Å². The monoisotopic (exact) mass is 253 g/mol. The zero-order valence-electron chi connectivity index (χ0n) is 10.4. The van der Waals surface area contributed by atoms with Gasteiger partial charge in [0.25, 0.3) is 0 Å². The molecule has 0 amide bonds. The van der Waals surface area contributed by atoms with Gasteiger partial charge in [0, 0.05) is 22.8 Å². The molecule has 3 nitrogen and oxygen atoms in total. The van der Waals surface area contributed by atoms with Gasteiger partial charge >= 0.3 is 0 Å². The summed E-state index contributed by atoms with van der Waals surface area (Å²) in [5.41, 5.74) is 9.14. The van der Waals surface area contributed by atoms with Gasteiger partial charge in [0.2, 0.25) is 0 Å². The second-order valence-electron chi connectivity index (χ2n) is 4.47. The van der Waals surface area contributed by atoms with Gasteiger partial charge in [-0.1, -0.05) is 0 Å². The molecule has 3 rings (SSSR count). The number of hydrogen-bond donors (Lipinski definition) is 1. The molecule has 4 heteroatoms. The highest BCUT2D eigenvalue weighted by Gasteiger charge is 2.05. The molecular formula is C15H12FN3. The van der Waals surface area contributed by atoms with E-state index in [0.29, 0.717) is 11.2 Å². The molecule has 0 saturated carbocycles. The number of aromatic nitrogens is 2. The lowest BCUT2D eigenvalue weighted by molar-refractivity contribution is 0.629. The Bertz CT molecular complexity index is 768. The number of nitrogens with two attached hydrogens (primary N) is 1. The molecule has 0 fully saturated rings. The zero-order valence-corrected chi connectivity index (χ0v) is 10.4. The maximum absolute atomic E-state index is 13.1. The number of benzene rings is 2. The summed E-state index contributed by atoms with van der Waals surface area (Å²) >= 11 is 0. The van der Waals surface area contributed by atoms with Gasteiger partial charge in [0.1, 0.15) is 5.82 Å². The van der Waals surface area contributed by atoms with E-state index in [9.17, 15) is 4.39 Å². The van der Waals surface area contributed by atoms with Crippen LogP contribution in [0.2, 0.25) is 0 Å². The van der Waals surface area contributed by atoms with Crippen molar-refractivity contribution >= 4 is 16.6 Å². The van der Waals surface area contributed by atoms with E-state index >= 15 is 0 Å². The van der Waals surface area contributed by atoms with Gasteiger partial charge < -0.3 is 5.73 Å². The summed E-state index contributed by atoms with van der Waals surface area (Å²) in [6.45, 7) is 1.94. The Hall–Kier alpha value is -2.49. The van der Waals surface area contributed by atoms with Crippen LogP contribution in [-0.2, 0) is 0 Å². The summed E-state index contributed by atoms with van der Waals surface area (Å²) in [7, 11) is 0. The van der Waals surface area contributed by atoms with E-state index in [1.807, 2.05) is 25.1 Å². The summed E-state index contributed by atoms with van der Waals surface area (Å²) in [4.78, 5) is 8.71. The van der Waals surface area contributed by atoms with Crippen molar-refractivity contribution in [2.75, 3.05) is 5.73 Å². The molecule has 1 aromatic heterocycles. The molecule has 0 aliphatic carbocycles. The van der Waals surface area contributed by atoms with E-state index in [2.05, 4.69) is 9.97 Å². The molecule has 0 unspecified atom stereocenters. The zero-order chi connectivity index (χ0) is 13.4. The Morgan fingerprint density at radius 3 is 2.74 bits per heavy atom. The quantitative estimate of drug-likeness (QED) is 0.677. The number of fused-ring (bicyclic) bond motifs is 1. The predicted octanol–water partition coefficient (Wildman–Crippen LogP) is 3.33. The predicted molar refractivity (Wildman–Crippen MR) is 74.1 cm³/mol. The summed E-state index contributed by atoms with van der Waals surface area (Å²) in [6.07, 6.45) is 1.63. The summed E-state index contributed by atoms with van der Waals surface area (Å²) < 4.78 is 13.1. The third kappa shape index (κ3) is 2.12. The third-order valence-electron chi connectivity index (χ3n) is 3.07. The van der Waals surface area contributed by atoms with Gasteiger partial charge in [-0.15, -0.1) is 0 Å². The first-order valence-electron chi connectivity index (χ1n) is 5.92. The molecule has 0 spiro atoms. The number of anilines is 1. The van der Waals surface area contributed by atoms with Crippen molar-refractivity contribution in [3.63, 3.8) is 0 Å². The molecule has 0 radical (unpaired) electrons. The van der Waals surface area contributed by atoms with Crippen LogP contribution in [0.25, 0.3) is 22.3 Å². The van der Waals surface area contributed by atoms with Gasteiger partial charge in [0.05, 0.1) is 5.52 Å². The topological polar surface area (TPSA) is 51.8 Å². The lowest BCUT2D eigenvalue weighted by Crippen LogP contribution is -1.93.